The molecule has 0 spiro atoms. The van der Waals surface area contributed by atoms with Gasteiger partial charge in [0.15, 0.2) is 5.96 Å². The van der Waals surface area contributed by atoms with Gasteiger partial charge < -0.3 is 15.8 Å². The maximum absolute atomic E-state index is 15.8. The Labute approximate surface area is 327 Å². The maximum Gasteiger partial charge on any atom is 0.411 e. The van der Waals surface area contributed by atoms with E-state index >= 15 is 4.39 Å². The van der Waals surface area contributed by atoms with Crippen LogP contribution < -0.4 is 16.1 Å². The first kappa shape index (κ1) is 43.8. The van der Waals surface area contributed by atoms with Gasteiger partial charge in [0.2, 0.25) is 0 Å². The van der Waals surface area contributed by atoms with Crippen LogP contribution >= 0.6 is 11.6 Å². The van der Waals surface area contributed by atoms with Crippen LogP contribution in [0.5, 0.6) is 0 Å². The molecule has 4 rings (SSSR count). The SMILES string of the molecule is [B]C([B])([B])n1cc(-c2ccc(C(=O)N(C(N)=NCCC(C)(C)C)[C@H](COC(=O)NC3(C(F)(F)F)CC3)c3ccc(Cl)c(N(/N=C\N=C)C(F)F)c3)cc2F)cn1. The van der Waals surface area contributed by atoms with Crippen LogP contribution in [0.15, 0.2) is 63.9 Å². The number of rotatable bonds is 14. The molecule has 1 aliphatic rings. The van der Waals surface area contributed by atoms with Crippen molar-refractivity contribution in [3.63, 3.8) is 0 Å². The number of halogens is 7. The Morgan fingerprint density at radius 3 is 2.38 bits per heavy atom. The molecule has 3 N–H and O–H groups in total. The number of nitrogens with zero attached hydrogens (tertiary/aromatic N) is 7. The summed E-state index contributed by atoms with van der Waals surface area (Å²) >= 11 is 6.29. The fourth-order valence-corrected chi connectivity index (χ4v) is 5.42. The molecule has 2 amide bonds. The molecule has 56 heavy (non-hydrogen) atoms. The Kier molecular flexibility index (Phi) is 13.3. The molecule has 6 radical (unpaired) electrons. The number of hydrogen-bond acceptors (Lipinski definition) is 7. The Hall–Kier alpha value is -4.94. The number of anilines is 1. The van der Waals surface area contributed by atoms with E-state index in [1.54, 1.807) is 0 Å². The molecule has 1 aliphatic carbocycles. The van der Waals surface area contributed by atoms with Crippen LogP contribution in [0.2, 0.25) is 5.02 Å². The number of aromatic nitrogens is 2. The van der Waals surface area contributed by atoms with Crippen molar-refractivity contribution in [3.05, 3.63) is 70.8 Å². The molecule has 1 aromatic heterocycles. The van der Waals surface area contributed by atoms with Crippen molar-refractivity contribution in [2.24, 2.45) is 26.2 Å². The molecule has 0 bridgehead atoms. The molecule has 1 heterocycles. The predicted molar refractivity (Wildman–Crippen MR) is 203 cm³/mol. The van der Waals surface area contributed by atoms with Crippen LogP contribution in [0.25, 0.3) is 11.1 Å². The number of nitrogens with one attached hydrogen (secondary N) is 1. The lowest BCUT2D eigenvalue weighted by Gasteiger charge is -2.32. The van der Waals surface area contributed by atoms with Gasteiger partial charge in [-0.2, -0.15) is 32.2 Å². The van der Waals surface area contributed by atoms with Gasteiger partial charge in [-0.05, 0) is 66.5 Å². The van der Waals surface area contributed by atoms with Crippen LogP contribution in [0.1, 0.15) is 62.0 Å². The summed E-state index contributed by atoms with van der Waals surface area (Å²) in [6, 6.07) is 5.22. The Balaban J connectivity index is 1.85. The quantitative estimate of drug-likeness (QED) is 0.0524. The minimum atomic E-state index is -4.79. The molecule has 3 aromatic rings. The van der Waals surface area contributed by atoms with Gasteiger partial charge in [0, 0.05) is 29.4 Å². The van der Waals surface area contributed by atoms with Crippen LogP contribution in [0.3, 0.4) is 0 Å². The summed E-state index contributed by atoms with van der Waals surface area (Å²) in [6.07, 6.45) is -3.42. The lowest BCUT2D eigenvalue weighted by Crippen LogP contribution is -2.49. The van der Waals surface area contributed by atoms with Crippen molar-refractivity contribution in [3.8, 4) is 11.1 Å². The first-order chi connectivity index (χ1) is 26.0. The monoisotopic (exact) mass is 799 g/mol. The van der Waals surface area contributed by atoms with Gasteiger partial charge in [-0.3, -0.25) is 24.4 Å². The molecule has 0 unspecified atom stereocenters. The fraction of sp³-hybridized carbons (Fsp3) is 0.412. The summed E-state index contributed by atoms with van der Waals surface area (Å²) in [4.78, 5) is 35.8. The first-order valence-corrected chi connectivity index (χ1v) is 17.1. The Morgan fingerprint density at radius 2 is 1.84 bits per heavy atom. The van der Waals surface area contributed by atoms with Crippen molar-refractivity contribution < 1.29 is 40.7 Å². The Bertz CT molecular complexity index is 1980. The molecule has 292 valence electrons. The van der Waals surface area contributed by atoms with Crippen LogP contribution in [-0.2, 0) is 9.97 Å². The number of hydrogen-bond donors (Lipinski definition) is 2. The average Bonchev–Trinajstić information content (AvgIpc) is 3.71. The maximum atomic E-state index is 15.8. The lowest BCUT2D eigenvalue weighted by atomic mass is 9.49. The third-order valence-corrected chi connectivity index (χ3v) is 8.79. The number of amides is 2. The minimum Gasteiger partial charge on any atom is -0.447 e. The average molecular weight is 800 g/mol. The van der Waals surface area contributed by atoms with E-state index in [0.717, 1.165) is 27.8 Å². The number of ether oxygens (including phenoxy) is 1. The van der Waals surface area contributed by atoms with Crippen molar-refractivity contribution in [2.75, 3.05) is 18.2 Å². The van der Waals surface area contributed by atoms with Gasteiger partial charge in [0.1, 0.15) is 24.3 Å². The van der Waals surface area contributed by atoms with E-state index in [4.69, 9.17) is 45.6 Å². The van der Waals surface area contributed by atoms with E-state index in [9.17, 15) is 31.5 Å². The third kappa shape index (κ3) is 10.7. The second kappa shape index (κ2) is 17.1. The second-order valence-electron chi connectivity index (χ2n) is 14.0. The zero-order valence-corrected chi connectivity index (χ0v) is 31.2. The molecule has 22 heteroatoms. The van der Waals surface area contributed by atoms with Crippen molar-refractivity contribution in [1.29, 1.82) is 0 Å². The molecule has 1 atom stereocenters. The predicted octanol–water partition coefficient (Wildman–Crippen LogP) is 5.84. The van der Waals surface area contributed by atoms with E-state index in [1.807, 2.05) is 26.1 Å². The number of guanidine groups is 1. The van der Waals surface area contributed by atoms with E-state index in [-0.39, 0.29) is 44.2 Å². The summed E-state index contributed by atoms with van der Waals surface area (Å²) in [5, 5.41) is 7.31. The van der Waals surface area contributed by atoms with Crippen molar-refractivity contribution in [1.82, 2.24) is 20.0 Å². The van der Waals surface area contributed by atoms with E-state index in [1.165, 1.54) is 30.6 Å². The minimum absolute atomic E-state index is 0.0466. The van der Waals surface area contributed by atoms with E-state index in [2.05, 4.69) is 26.9 Å². The number of nitrogens with two attached hydrogens (primary N) is 1. The number of aliphatic imine (C=N–C) groups is 2. The number of hydrazone groups is 1. The molecule has 1 saturated carbocycles. The first-order valence-electron chi connectivity index (χ1n) is 16.7. The van der Waals surface area contributed by atoms with E-state index < -0.39 is 78.5 Å². The lowest BCUT2D eigenvalue weighted by molar-refractivity contribution is -0.164. The molecular formula is C34H35B3ClF6N9O3. The summed E-state index contributed by atoms with van der Waals surface area (Å²) in [5.74, 6) is -2.46. The van der Waals surface area contributed by atoms with Gasteiger partial charge in [-0.15, -0.1) is 0 Å². The van der Waals surface area contributed by atoms with Crippen molar-refractivity contribution in [2.45, 2.75) is 69.6 Å². The molecule has 1 fully saturated rings. The highest BCUT2D eigenvalue weighted by atomic mass is 35.5. The summed E-state index contributed by atoms with van der Waals surface area (Å²) in [7, 11) is 17.0. The number of carbonyl (C=O) groups excluding carboxylic acids is 2. The number of carbonyl (C=O) groups is 2. The smallest absolute Gasteiger partial charge is 0.411 e. The number of alkyl halides is 5. The molecule has 0 aliphatic heterocycles. The highest BCUT2D eigenvalue weighted by Crippen LogP contribution is 2.49. The molecule has 2 aromatic carbocycles. The van der Waals surface area contributed by atoms with Crippen LogP contribution in [0, 0.1) is 11.2 Å². The van der Waals surface area contributed by atoms with Gasteiger partial charge >= 0.3 is 18.8 Å². The van der Waals surface area contributed by atoms with Gasteiger partial charge in [-0.1, -0.05) is 44.5 Å². The summed E-state index contributed by atoms with van der Waals surface area (Å²) in [5.41, 5.74) is 2.99. The zero-order valence-electron chi connectivity index (χ0n) is 30.4. The number of benzene rings is 2. The standard InChI is InChI=1S/C34H35B3ClF6N9O3/c1-31(2,3)11-12-47-29(45)52(27(54)20-5-7-22(24(39)13-20)21-15-48-51(16-21)34(35,36)37)26(17-56-30(55)50-32(9-10-32)33(42,43)44)19-6-8-23(38)25(14-19)53(28(40)41)49-18-46-4/h5-8,13-16,18,26,28H,4,9-12,17H2,1-3H3,(H2,45,47)(H,50,55)/b49-18-/t26-/m1/s1. The summed E-state index contributed by atoms with van der Waals surface area (Å²) < 4.78 is 91.5. The van der Waals surface area contributed by atoms with E-state index in [0.29, 0.717) is 12.8 Å². The van der Waals surface area contributed by atoms with Gasteiger partial charge in [-0.25, -0.2) is 14.2 Å². The topological polar surface area (TPSA) is 143 Å². The molecule has 0 saturated heterocycles. The van der Waals surface area contributed by atoms with Crippen LogP contribution in [-0.4, -0.2) is 101 Å². The van der Waals surface area contributed by atoms with Crippen molar-refractivity contribution >= 4 is 71.8 Å². The second-order valence-corrected chi connectivity index (χ2v) is 14.5. The largest absolute Gasteiger partial charge is 0.447 e. The highest BCUT2D eigenvalue weighted by molar-refractivity contribution is 6.56. The number of alkyl carbamates (subject to hydrolysis) is 1. The zero-order chi connectivity index (χ0) is 41.8. The Morgan fingerprint density at radius 1 is 1.16 bits per heavy atom. The van der Waals surface area contributed by atoms with Gasteiger partial charge in [0.25, 0.3) is 5.91 Å². The summed E-state index contributed by atoms with van der Waals surface area (Å²) in [6.45, 7) is 4.77. The molecule has 12 nitrogen and oxygen atoms in total. The van der Waals surface area contributed by atoms with Crippen LogP contribution in [0.4, 0.5) is 36.8 Å². The normalized spacial score (nSPS) is 15.1. The highest BCUT2D eigenvalue weighted by Gasteiger charge is 2.64. The van der Waals surface area contributed by atoms with Gasteiger partial charge in [0.05, 0.1) is 46.5 Å². The molecular weight excluding hydrogens is 764 g/mol. The third-order valence-electron chi connectivity index (χ3n) is 8.47. The fourth-order valence-electron chi connectivity index (χ4n) is 5.21.